The third-order valence-electron chi connectivity index (χ3n) is 3.64. The van der Waals surface area contributed by atoms with E-state index in [2.05, 4.69) is 36.6 Å². The Morgan fingerprint density at radius 2 is 1.88 bits per heavy atom. The topological polar surface area (TPSA) is 33.3 Å². The van der Waals surface area contributed by atoms with Crippen molar-refractivity contribution in [3.63, 3.8) is 0 Å². The number of benzene rings is 1. The molecule has 1 fully saturated rings. The van der Waals surface area contributed by atoms with Gasteiger partial charge in [-0.05, 0) is 37.6 Å². The highest BCUT2D eigenvalue weighted by molar-refractivity contribution is 5.44. The Balaban J connectivity index is 2.31. The SMILES string of the molecule is CNC(c1cc(C)c(OC)c(C)c1)C1CNC1. The molecule has 1 unspecified atom stereocenters. The molecule has 1 atom stereocenters. The minimum atomic E-state index is 0.444. The van der Waals surface area contributed by atoms with Crippen LogP contribution in [-0.2, 0) is 0 Å². The summed E-state index contributed by atoms with van der Waals surface area (Å²) in [5.74, 6) is 1.71. The molecule has 0 radical (unpaired) electrons. The molecule has 0 spiro atoms. The molecule has 0 aliphatic carbocycles. The first-order chi connectivity index (χ1) is 8.17. The number of hydrogen-bond acceptors (Lipinski definition) is 3. The summed E-state index contributed by atoms with van der Waals surface area (Å²) in [6.07, 6.45) is 0. The van der Waals surface area contributed by atoms with Crippen LogP contribution in [0.1, 0.15) is 22.7 Å². The van der Waals surface area contributed by atoms with Crippen LogP contribution < -0.4 is 15.4 Å². The van der Waals surface area contributed by atoms with E-state index in [0.717, 1.165) is 18.8 Å². The van der Waals surface area contributed by atoms with Gasteiger partial charge in [-0.3, -0.25) is 0 Å². The molecule has 0 saturated carbocycles. The standard InChI is InChI=1S/C14H22N2O/c1-9-5-11(6-10(2)14(9)17-4)13(15-3)12-7-16-8-12/h5-6,12-13,15-16H,7-8H2,1-4H3. The van der Waals surface area contributed by atoms with Crippen LogP contribution in [0.25, 0.3) is 0 Å². The van der Waals surface area contributed by atoms with E-state index in [4.69, 9.17) is 4.74 Å². The maximum atomic E-state index is 5.41. The molecule has 1 heterocycles. The van der Waals surface area contributed by atoms with Gasteiger partial charge in [-0.15, -0.1) is 0 Å². The summed E-state index contributed by atoms with van der Waals surface area (Å²) < 4.78 is 5.41. The third kappa shape index (κ3) is 2.31. The van der Waals surface area contributed by atoms with Gasteiger partial charge in [-0.2, -0.15) is 0 Å². The van der Waals surface area contributed by atoms with Gasteiger partial charge in [0, 0.05) is 25.0 Å². The van der Waals surface area contributed by atoms with E-state index in [-0.39, 0.29) is 0 Å². The highest BCUT2D eigenvalue weighted by Gasteiger charge is 2.27. The average molecular weight is 234 g/mol. The highest BCUT2D eigenvalue weighted by Crippen LogP contribution is 2.31. The fraction of sp³-hybridized carbons (Fsp3) is 0.571. The lowest BCUT2D eigenvalue weighted by Crippen LogP contribution is -2.48. The normalized spacial score (nSPS) is 17.6. The Labute approximate surface area is 104 Å². The molecule has 3 heteroatoms. The van der Waals surface area contributed by atoms with E-state index in [1.165, 1.54) is 16.7 Å². The molecule has 1 aliphatic heterocycles. The largest absolute Gasteiger partial charge is 0.496 e. The van der Waals surface area contributed by atoms with Crippen LogP contribution in [0.4, 0.5) is 0 Å². The van der Waals surface area contributed by atoms with Gasteiger partial charge in [-0.25, -0.2) is 0 Å². The molecule has 1 aliphatic rings. The van der Waals surface area contributed by atoms with Gasteiger partial charge in [0.05, 0.1) is 7.11 Å². The van der Waals surface area contributed by atoms with Crippen LogP contribution in [0.5, 0.6) is 5.75 Å². The predicted molar refractivity (Wildman–Crippen MR) is 70.6 cm³/mol. The third-order valence-corrected chi connectivity index (χ3v) is 3.64. The number of rotatable bonds is 4. The summed E-state index contributed by atoms with van der Waals surface area (Å²) in [5.41, 5.74) is 3.81. The van der Waals surface area contributed by atoms with Gasteiger partial charge in [0.1, 0.15) is 5.75 Å². The Morgan fingerprint density at radius 1 is 1.29 bits per heavy atom. The molecule has 17 heavy (non-hydrogen) atoms. The van der Waals surface area contributed by atoms with Gasteiger partial charge in [0.15, 0.2) is 0 Å². The monoisotopic (exact) mass is 234 g/mol. The second-order valence-electron chi connectivity index (χ2n) is 4.87. The zero-order valence-corrected chi connectivity index (χ0v) is 11.1. The maximum Gasteiger partial charge on any atom is 0.124 e. The van der Waals surface area contributed by atoms with E-state index in [0.29, 0.717) is 12.0 Å². The molecule has 1 aromatic rings. The van der Waals surface area contributed by atoms with Crippen molar-refractivity contribution in [3.8, 4) is 5.75 Å². The second kappa shape index (κ2) is 5.07. The molecule has 94 valence electrons. The number of aryl methyl sites for hydroxylation is 2. The van der Waals surface area contributed by atoms with Crippen LogP contribution >= 0.6 is 0 Å². The zero-order chi connectivity index (χ0) is 12.4. The lowest BCUT2D eigenvalue weighted by Gasteiger charge is -2.35. The molecular formula is C14H22N2O. The fourth-order valence-corrected chi connectivity index (χ4v) is 2.71. The first-order valence-electron chi connectivity index (χ1n) is 6.20. The molecule has 3 nitrogen and oxygen atoms in total. The van der Waals surface area contributed by atoms with Crippen molar-refractivity contribution in [1.29, 1.82) is 0 Å². The number of methoxy groups -OCH3 is 1. The first kappa shape index (κ1) is 12.4. The molecule has 1 saturated heterocycles. The summed E-state index contributed by atoms with van der Waals surface area (Å²) in [6, 6.07) is 4.93. The molecule has 0 aromatic heterocycles. The van der Waals surface area contributed by atoms with E-state index in [1.54, 1.807) is 7.11 Å². The van der Waals surface area contributed by atoms with Crippen molar-refractivity contribution in [2.24, 2.45) is 5.92 Å². The Kier molecular flexibility index (Phi) is 3.69. The summed E-state index contributed by atoms with van der Waals surface area (Å²) in [5, 5.41) is 6.76. The van der Waals surface area contributed by atoms with Crippen molar-refractivity contribution in [1.82, 2.24) is 10.6 Å². The lowest BCUT2D eigenvalue weighted by molar-refractivity contribution is 0.267. The minimum absolute atomic E-state index is 0.444. The van der Waals surface area contributed by atoms with Crippen LogP contribution in [-0.4, -0.2) is 27.2 Å². The Bertz CT molecular complexity index is 376. The van der Waals surface area contributed by atoms with E-state index in [9.17, 15) is 0 Å². The maximum absolute atomic E-state index is 5.41. The van der Waals surface area contributed by atoms with E-state index < -0.39 is 0 Å². The molecule has 1 aromatic carbocycles. The summed E-state index contributed by atoms with van der Waals surface area (Å²) >= 11 is 0. The van der Waals surface area contributed by atoms with E-state index in [1.807, 2.05) is 7.05 Å². The Morgan fingerprint density at radius 3 is 2.24 bits per heavy atom. The molecule has 2 N–H and O–H groups in total. The van der Waals surface area contributed by atoms with Crippen molar-refractivity contribution in [3.05, 3.63) is 28.8 Å². The lowest BCUT2D eigenvalue weighted by atomic mass is 9.87. The number of hydrogen-bond donors (Lipinski definition) is 2. The van der Waals surface area contributed by atoms with Crippen molar-refractivity contribution in [2.45, 2.75) is 19.9 Å². The van der Waals surface area contributed by atoms with Crippen LogP contribution in [0.3, 0.4) is 0 Å². The highest BCUT2D eigenvalue weighted by atomic mass is 16.5. The van der Waals surface area contributed by atoms with Gasteiger partial charge >= 0.3 is 0 Å². The van der Waals surface area contributed by atoms with Gasteiger partial charge in [-0.1, -0.05) is 12.1 Å². The fourth-order valence-electron chi connectivity index (χ4n) is 2.71. The van der Waals surface area contributed by atoms with Gasteiger partial charge < -0.3 is 15.4 Å². The summed E-state index contributed by atoms with van der Waals surface area (Å²) in [7, 11) is 3.78. The average Bonchev–Trinajstić information content (AvgIpc) is 2.22. The molecular weight excluding hydrogens is 212 g/mol. The summed E-state index contributed by atoms with van der Waals surface area (Å²) in [6.45, 7) is 6.44. The van der Waals surface area contributed by atoms with Crippen LogP contribution in [0.2, 0.25) is 0 Å². The first-order valence-corrected chi connectivity index (χ1v) is 6.20. The molecule has 2 rings (SSSR count). The van der Waals surface area contributed by atoms with E-state index >= 15 is 0 Å². The zero-order valence-electron chi connectivity index (χ0n) is 11.1. The predicted octanol–water partition coefficient (Wildman–Crippen LogP) is 1.79. The minimum Gasteiger partial charge on any atom is -0.496 e. The second-order valence-corrected chi connectivity index (χ2v) is 4.87. The summed E-state index contributed by atoms with van der Waals surface area (Å²) in [4.78, 5) is 0. The van der Waals surface area contributed by atoms with Crippen molar-refractivity contribution in [2.75, 3.05) is 27.2 Å². The Hall–Kier alpha value is -1.06. The van der Waals surface area contributed by atoms with Gasteiger partial charge in [0.2, 0.25) is 0 Å². The van der Waals surface area contributed by atoms with Gasteiger partial charge in [0.25, 0.3) is 0 Å². The smallest absolute Gasteiger partial charge is 0.124 e. The van der Waals surface area contributed by atoms with Crippen molar-refractivity contribution >= 4 is 0 Å². The van der Waals surface area contributed by atoms with Crippen LogP contribution in [0.15, 0.2) is 12.1 Å². The quantitative estimate of drug-likeness (QED) is 0.833. The molecule has 0 bridgehead atoms. The molecule has 0 amide bonds. The number of nitrogens with one attached hydrogen (secondary N) is 2. The number of ether oxygens (including phenoxy) is 1. The van der Waals surface area contributed by atoms with Crippen LogP contribution in [0, 0.1) is 19.8 Å². The van der Waals surface area contributed by atoms with Crippen molar-refractivity contribution < 1.29 is 4.74 Å².